The molecule has 2 nitrogen and oxygen atoms in total. The third-order valence-electron chi connectivity index (χ3n) is 4.97. The maximum absolute atomic E-state index is 4.67. The van der Waals surface area contributed by atoms with Crippen molar-refractivity contribution in [2.45, 2.75) is 0 Å². The SMILES string of the molecule is [Pd+2].[c-]1cc2ccccc2cc1C=Nc1ccccc1N=Cc1[c-]cc2ccccc2c1. The molecule has 0 aliphatic heterocycles. The third kappa shape index (κ3) is 4.86. The van der Waals surface area contributed by atoms with E-state index in [9.17, 15) is 0 Å². The number of aliphatic imine (C=N–C) groups is 2. The molecule has 0 saturated carbocycles. The van der Waals surface area contributed by atoms with Gasteiger partial charge in [-0.3, -0.25) is 0 Å². The second-order valence-electron chi connectivity index (χ2n) is 7.04. The van der Waals surface area contributed by atoms with Gasteiger partial charge >= 0.3 is 20.4 Å². The summed E-state index contributed by atoms with van der Waals surface area (Å²) in [6.45, 7) is 0. The minimum atomic E-state index is 0. The predicted octanol–water partition coefficient (Wildman–Crippen LogP) is 7.09. The molecule has 0 spiro atoms. The summed E-state index contributed by atoms with van der Waals surface area (Å²) in [7, 11) is 0. The average molecular weight is 489 g/mol. The topological polar surface area (TPSA) is 24.7 Å². The first-order valence-corrected chi connectivity index (χ1v) is 9.83. The van der Waals surface area contributed by atoms with Gasteiger partial charge in [-0.15, -0.1) is 58.3 Å². The Morgan fingerprint density at radius 2 is 0.903 bits per heavy atom. The van der Waals surface area contributed by atoms with Gasteiger partial charge in [0, 0.05) is 0 Å². The number of fused-ring (bicyclic) bond motifs is 2. The molecule has 0 N–H and O–H groups in total. The fraction of sp³-hybridized carbons (Fsp3) is 0. The molecule has 0 saturated heterocycles. The standard InChI is InChI=1S/C28H18N2.Pd/c1-3-9-25-17-21(13-15-23(25)7-1)19-29-27-11-5-6-12-28(27)30-20-22-14-16-24-8-2-4-10-26(24)18-22;/h1-12,15-20H;/q-2;+2. The quantitative estimate of drug-likeness (QED) is 0.146. The second kappa shape index (κ2) is 9.62. The van der Waals surface area contributed by atoms with Crippen molar-refractivity contribution >= 4 is 45.3 Å². The molecule has 0 aliphatic rings. The molecule has 5 aromatic carbocycles. The first-order chi connectivity index (χ1) is 14.8. The fourth-order valence-corrected chi connectivity index (χ4v) is 3.40. The molecule has 0 heterocycles. The molecule has 3 heteroatoms. The molecular formula is C28H18N2Pd. The zero-order chi connectivity index (χ0) is 20.2. The molecule has 0 amide bonds. The molecule has 5 aromatic rings. The molecule has 0 unspecified atom stereocenters. The van der Waals surface area contributed by atoms with Crippen molar-refractivity contribution < 1.29 is 20.4 Å². The molecule has 0 aromatic heterocycles. The van der Waals surface area contributed by atoms with E-state index in [4.69, 9.17) is 0 Å². The van der Waals surface area contributed by atoms with E-state index in [1.807, 2.05) is 73.1 Å². The van der Waals surface area contributed by atoms with Crippen molar-refractivity contribution in [3.05, 3.63) is 120 Å². The van der Waals surface area contributed by atoms with E-state index in [0.717, 1.165) is 22.5 Å². The Bertz CT molecular complexity index is 1290. The first-order valence-electron chi connectivity index (χ1n) is 9.83. The Morgan fingerprint density at radius 3 is 1.35 bits per heavy atom. The Hall–Kier alpha value is -3.38. The summed E-state index contributed by atoms with van der Waals surface area (Å²) >= 11 is 0. The molecule has 0 fully saturated rings. The zero-order valence-electron chi connectivity index (χ0n) is 16.6. The van der Waals surface area contributed by atoms with Gasteiger partial charge in [0.1, 0.15) is 0 Å². The van der Waals surface area contributed by atoms with Crippen LogP contribution in [0.4, 0.5) is 11.4 Å². The summed E-state index contributed by atoms with van der Waals surface area (Å²) in [5.41, 5.74) is 3.51. The van der Waals surface area contributed by atoms with Gasteiger partial charge in [0.15, 0.2) is 0 Å². The van der Waals surface area contributed by atoms with Crippen LogP contribution in [0.2, 0.25) is 0 Å². The van der Waals surface area contributed by atoms with E-state index in [0.29, 0.717) is 0 Å². The van der Waals surface area contributed by atoms with Crippen LogP contribution in [0.5, 0.6) is 0 Å². The minimum Gasteiger partial charge on any atom is -0.302 e. The average Bonchev–Trinajstić information content (AvgIpc) is 2.81. The number of hydrogen-bond acceptors (Lipinski definition) is 2. The van der Waals surface area contributed by atoms with Crippen LogP contribution in [0.3, 0.4) is 0 Å². The second-order valence-corrected chi connectivity index (χ2v) is 7.04. The minimum absolute atomic E-state index is 0. The van der Waals surface area contributed by atoms with Gasteiger partial charge < -0.3 is 9.98 Å². The van der Waals surface area contributed by atoms with Gasteiger partial charge in [-0.2, -0.15) is 0 Å². The van der Waals surface area contributed by atoms with Crippen LogP contribution in [-0.4, -0.2) is 12.4 Å². The third-order valence-corrected chi connectivity index (χ3v) is 4.97. The van der Waals surface area contributed by atoms with Crippen molar-refractivity contribution in [2.24, 2.45) is 9.98 Å². The van der Waals surface area contributed by atoms with E-state index in [-0.39, 0.29) is 20.4 Å². The van der Waals surface area contributed by atoms with Gasteiger partial charge in [0.25, 0.3) is 0 Å². The number of rotatable bonds is 4. The van der Waals surface area contributed by atoms with Crippen LogP contribution < -0.4 is 0 Å². The van der Waals surface area contributed by atoms with Crippen LogP contribution in [0, 0.1) is 12.1 Å². The fourth-order valence-electron chi connectivity index (χ4n) is 3.40. The molecule has 0 atom stereocenters. The molecule has 0 aliphatic carbocycles. The molecule has 0 radical (unpaired) electrons. The Kier molecular flexibility index (Phi) is 6.48. The van der Waals surface area contributed by atoms with Crippen molar-refractivity contribution in [3.63, 3.8) is 0 Å². The number of nitrogens with zero attached hydrogens (tertiary/aromatic N) is 2. The summed E-state index contributed by atoms with van der Waals surface area (Å²) < 4.78 is 0. The predicted molar refractivity (Wildman–Crippen MR) is 127 cm³/mol. The van der Waals surface area contributed by atoms with E-state index in [1.54, 1.807) is 0 Å². The molecular weight excluding hydrogens is 471 g/mol. The molecule has 0 bridgehead atoms. The number of para-hydroxylation sites is 2. The first kappa shape index (κ1) is 20.9. The van der Waals surface area contributed by atoms with Crippen molar-refractivity contribution in [1.29, 1.82) is 0 Å². The van der Waals surface area contributed by atoms with Crippen molar-refractivity contribution in [2.75, 3.05) is 0 Å². The molecule has 5 rings (SSSR count). The van der Waals surface area contributed by atoms with E-state index in [1.165, 1.54) is 21.5 Å². The van der Waals surface area contributed by atoms with E-state index < -0.39 is 0 Å². The van der Waals surface area contributed by atoms with Gasteiger partial charge in [-0.05, 0) is 24.6 Å². The molecule has 150 valence electrons. The smallest absolute Gasteiger partial charge is 0.302 e. The van der Waals surface area contributed by atoms with Crippen LogP contribution in [0.15, 0.2) is 107 Å². The summed E-state index contributed by atoms with van der Waals surface area (Å²) in [4.78, 5) is 9.33. The van der Waals surface area contributed by atoms with Crippen molar-refractivity contribution in [1.82, 2.24) is 0 Å². The molecule has 31 heavy (non-hydrogen) atoms. The van der Waals surface area contributed by atoms with E-state index >= 15 is 0 Å². The monoisotopic (exact) mass is 488 g/mol. The number of benzene rings is 5. The van der Waals surface area contributed by atoms with Crippen LogP contribution in [0.1, 0.15) is 11.1 Å². The van der Waals surface area contributed by atoms with Crippen molar-refractivity contribution in [3.8, 4) is 0 Å². The zero-order valence-corrected chi connectivity index (χ0v) is 18.2. The summed E-state index contributed by atoms with van der Waals surface area (Å²) in [6.07, 6.45) is 3.67. The normalized spacial score (nSPS) is 11.4. The van der Waals surface area contributed by atoms with Crippen LogP contribution in [0.25, 0.3) is 21.5 Å². The Morgan fingerprint density at radius 1 is 0.516 bits per heavy atom. The van der Waals surface area contributed by atoms with Gasteiger partial charge in [0.2, 0.25) is 0 Å². The van der Waals surface area contributed by atoms with Gasteiger partial charge in [0.05, 0.1) is 11.4 Å². The largest absolute Gasteiger partial charge is 2.00 e. The summed E-state index contributed by atoms with van der Waals surface area (Å²) in [5, 5.41) is 4.70. The van der Waals surface area contributed by atoms with E-state index in [2.05, 4.69) is 58.5 Å². The van der Waals surface area contributed by atoms with Gasteiger partial charge in [-0.25, -0.2) is 0 Å². The van der Waals surface area contributed by atoms with Crippen LogP contribution in [-0.2, 0) is 20.4 Å². The maximum Gasteiger partial charge on any atom is 2.00 e. The van der Waals surface area contributed by atoms with Gasteiger partial charge in [-0.1, -0.05) is 71.4 Å². The summed E-state index contributed by atoms with van der Waals surface area (Å²) in [6, 6.07) is 39.1. The Balaban J connectivity index is 0.00000231. The maximum atomic E-state index is 4.67. The van der Waals surface area contributed by atoms with Crippen LogP contribution >= 0.6 is 0 Å². The Labute approximate surface area is 195 Å². The summed E-state index contributed by atoms with van der Waals surface area (Å²) in [5.74, 6) is 0. The number of hydrogen-bond donors (Lipinski definition) is 0.